The highest BCUT2D eigenvalue weighted by molar-refractivity contribution is 5.85. The molecule has 2 rings (SSSR count). The van der Waals surface area contributed by atoms with E-state index in [1.165, 1.54) is 19.3 Å². The van der Waals surface area contributed by atoms with Crippen molar-refractivity contribution in [2.75, 3.05) is 19.6 Å². The van der Waals surface area contributed by atoms with Gasteiger partial charge in [0.25, 0.3) is 0 Å². The van der Waals surface area contributed by atoms with Crippen molar-refractivity contribution in [3.05, 3.63) is 0 Å². The molecule has 4 atom stereocenters. The van der Waals surface area contributed by atoms with Crippen LogP contribution in [0.3, 0.4) is 0 Å². The lowest BCUT2D eigenvalue weighted by Crippen LogP contribution is -2.34. The summed E-state index contributed by atoms with van der Waals surface area (Å²) >= 11 is 0. The summed E-state index contributed by atoms with van der Waals surface area (Å²) in [4.78, 5) is 11.8. The molecular formula is C13H25ClN2O2. The maximum Gasteiger partial charge on any atom is 0.220 e. The average Bonchev–Trinajstić information content (AvgIpc) is 2.85. The maximum atomic E-state index is 11.8. The summed E-state index contributed by atoms with van der Waals surface area (Å²) in [7, 11) is 0. The third-order valence-electron chi connectivity index (χ3n) is 4.14. The number of hydrogen-bond acceptors (Lipinski definition) is 3. The lowest BCUT2D eigenvalue weighted by molar-refractivity contribution is -0.122. The lowest BCUT2D eigenvalue weighted by Gasteiger charge is -2.15. The van der Waals surface area contributed by atoms with Crippen molar-refractivity contribution in [3.8, 4) is 0 Å². The molecule has 0 spiro atoms. The second-order valence-electron chi connectivity index (χ2n) is 5.78. The maximum absolute atomic E-state index is 11.8. The topological polar surface area (TPSA) is 61.4 Å². The van der Waals surface area contributed by atoms with Crippen LogP contribution < -0.4 is 10.6 Å². The number of aliphatic hydroxyl groups excluding tert-OH is 1. The van der Waals surface area contributed by atoms with E-state index >= 15 is 0 Å². The number of β-amino-alcohol motifs (C(OH)–C–C–N with tert-alkyl or cyclic N) is 1. The first kappa shape index (κ1) is 15.7. The first-order valence-electron chi connectivity index (χ1n) is 6.80. The molecular weight excluding hydrogens is 252 g/mol. The van der Waals surface area contributed by atoms with Gasteiger partial charge in [-0.2, -0.15) is 0 Å². The van der Waals surface area contributed by atoms with E-state index in [9.17, 15) is 9.90 Å². The minimum absolute atomic E-state index is 0. The molecule has 1 aliphatic carbocycles. The fourth-order valence-electron chi connectivity index (χ4n) is 3.02. The molecule has 18 heavy (non-hydrogen) atoms. The fraction of sp³-hybridized carbons (Fsp3) is 0.923. The van der Waals surface area contributed by atoms with Crippen molar-refractivity contribution >= 4 is 18.3 Å². The summed E-state index contributed by atoms with van der Waals surface area (Å²) in [5.74, 6) is 1.70. The Labute approximate surface area is 115 Å². The Hall–Kier alpha value is -0.320. The molecule has 2 fully saturated rings. The second kappa shape index (κ2) is 7.31. The molecule has 1 saturated heterocycles. The summed E-state index contributed by atoms with van der Waals surface area (Å²) in [6, 6.07) is 0. The van der Waals surface area contributed by atoms with E-state index in [4.69, 9.17) is 0 Å². The number of aliphatic hydroxyl groups is 1. The Morgan fingerprint density at radius 3 is 2.72 bits per heavy atom. The van der Waals surface area contributed by atoms with Gasteiger partial charge in [-0.15, -0.1) is 12.4 Å². The molecule has 2 aliphatic rings. The highest BCUT2D eigenvalue weighted by Gasteiger charge is 2.26. The molecule has 0 radical (unpaired) electrons. The van der Waals surface area contributed by atoms with Crippen LogP contribution in [0.15, 0.2) is 0 Å². The fourth-order valence-corrected chi connectivity index (χ4v) is 3.02. The monoisotopic (exact) mass is 276 g/mol. The number of amides is 1. The van der Waals surface area contributed by atoms with Gasteiger partial charge in [0.05, 0.1) is 6.10 Å². The predicted molar refractivity (Wildman–Crippen MR) is 73.7 cm³/mol. The molecule has 1 saturated carbocycles. The lowest BCUT2D eigenvalue weighted by atomic mass is 10.0. The second-order valence-corrected chi connectivity index (χ2v) is 5.78. The van der Waals surface area contributed by atoms with Crippen LogP contribution in [-0.2, 0) is 4.79 Å². The van der Waals surface area contributed by atoms with Gasteiger partial charge in [0.2, 0.25) is 5.91 Å². The third-order valence-corrected chi connectivity index (χ3v) is 4.14. The van der Waals surface area contributed by atoms with E-state index in [-0.39, 0.29) is 30.3 Å². The van der Waals surface area contributed by atoms with E-state index in [2.05, 4.69) is 17.6 Å². The van der Waals surface area contributed by atoms with Crippen molar-refractivity contribution in [2.24, 2.45) is 17.8 Å². The molecule has 0 aromatic carbocycles. The van der Waals surface area contributed by atoms with Crippen LogP contribution in [0.2, 0.25) is 0 Å². The quantitative estimate of drug-likeness (QED) is 0.716. The molecule has 3 N–H and O–H groups in total. The number of nitrogens with one attached hydrogen (secondary N) is 2. The van der Waals surface area contributed by atoms with Crippen molar-refractivity contribution in [3.63, 3.8) is 0 Å². The van der Waals surface area contributed by atoms with Crippen molar-refractivity contribution in [2.45, 2.75) is 38.7 Å². The van der Waals surface area contributed by atoms with Crippen LogP contribution in [0.4, 0.5) is 0 Å². The van der Waals surface area contributed by atoms with Crippen LogP contribution in [0.5, 0.6) is 0 Å². The zero-order valence-corrected chi connectivity index (χ0v) is 11.8. The summed E-state index contributed by atoms with van der Waals surface area (Å²) < 4.78 is 0. The number of carbonyl (C=O) groups excluding carboxylic acids is 1. The third kappa shape index (κ3) is 4.41. The number of carbonyl (C=O) groups is 1. The smallest absolute Gasteiger partial charge is 0.220 e. The Bertz CT molecular complexity index is 276. The number of halogens is 1. The highest BCUT2D eigenvalue weighted by Crippen LogP contribution is 2.32. The molecule has 4 nitrogen and oxygen atoms in total. The summed E-state index contributed by atoms with van der Waals surface area (Å²) in [6.45, 7) is 4.33. The van der Waals surface area contributed by atoms with Gasteiger partial charge in [-0.1, -0.05) is 13.3 Å². The number of rotatable bonds is 4. The molecule has 1 amide bonds. The Kier molecular flexibility index (Phi) is 6.39. The zero-order chi connectivity index (χ0) is 12.3. The molecule has 4 unspecified atom stereocenters. The van der Waals surface area contributed by atoms with E-state index in [0.717, 1.165) is 12.5 Å². The van der Waals surface area contributed by atoms with Gasteiger partial charge >= 0.3 is 0 Å². The van der Waals surface area contributed by atoms with Crippen LogP contribution in [-0.4, -0.2) is 36.8 Å². The van der Waals surface area contributed by atoms with Gasteiger partial charge < -0.3 is 15.7 Å². The molecule has 0 aromatic rings. The van der Waals surface area contributed by atoms with E-state index in [0.29, 0.717) is 25.4 Å². The van der Waals surface area contributed by atoms with Gasteiger partial charge in [-0.3, -0.25) is 4.79 Å². The minimum Gasteiger partial charge on any atom is -0.391 e. The first-order valence-corrected chi connectivity index (χ1v) is 6.80. The van der Waals surface area contributed by atoms with E-state index in [1.807, 2.05) is 0 Å². The molecule has 0 bridgehead atoms. The summed E-state index contributed by atoms with van der Waals surface area (Å²) in [5.41, 5.74) is 0. The van der Waals surface area contributed by atoms with Gasteiger partial charge in [0.1, 0.15) is 0 Å². The standard InChI is InChI=1S/C13H24N2O2.ClH/c1-9-2-3-10(4-9)5-13(17)15-7-11-6-14-8-12(11)16;/h9-12,14,16H,2-8H2,1H3,(H,15,17);1H. The van der Waals surface area contributed by atoms with Gasteiger partial charge in [-0.25, -0.2) is 0 Å². The molecule has 106 valence electrons. The molecule has 5 heteroatoms. The summed E-state index contributed by atoms with van der Waals surface area (Å²) in [5, 5.41) is 15.7. The average molecular weight is 277 g/mol. The van der Waals surface area contributed by atoms with Crippen molar-refractivity contribution < 1.29 is 9.90 Å². The Balaban J connectivity index is 0.00000162. The van der Waals surface area contributed by atoms with Crippen LogP contribution in [0, 0.1) is 17.8 Å². The van der Waals surface area contributed by atoms with Crippen LogP contribution >= 0.6 is 12.4 Å². The van der Waals surface area contributed by atoms with Gasteiger partial charge in [0.15, 0.2) is 0 Å². The largest absolute Gasteiger partial charge is 0.391 e. The Morgan fingerprint density at radius 2 is 2.17 bits per heavy atom. The van der Waals surface area contributed by atoms with Crippen molar-refractivity contribution in [1.82, 2.24) is 10.6 Å². The SMILES string of the molecule is CC1CCC(CC(=O)NCC2CNCC2O)C1.Cl. The predicted octanol–water partition coefficient (Wildman–Crippen LogP) is 0.931. The summed E-state index contributed by atoms with van der Waals surface area (Å²) in [6.07, 6.45) is 4.02. The van der Waals surface area contributed by atoms with Crippen LogP contribution in [0.25, 0.3) is 0 Å². The first-order chi connectivity index (χ1) is 8.15. The zero-order valence-electron chi connectivity index (χ0n) is 11.0. The molecule has 0 aromatic heterocycles. The van der Waals surface area contributed by atoms with Gasteiger partial charge in [0, 0.05) is 32.0 Å². The minimum atomic E-state index is -0.304. The molecule has 1 heterocycles. The number of hydrogen-bond donors (Lipinski definition) is 3. The van der Waals surface area contributed by atoms with E-state index < -0.39 is 0 Å². The molecule has 1 aliphatic heterocycles. The Morgan fingerprint density at radius 1 is 1.39 bits per heavy atom. The highest BCUT2D eigenvalue weighted by atomic mass is 35.5. The normalized spacial score (nSPS) is 35.2. The van der Waals surface area contributed by atoms with Crippen molar-refractivity contribution in [1.29, 1.82) is 0 Å². The van der Waals surface area contributed by atoms with E-state index in [1.54, 1.807) is 0 Å². The van der Waals surface area contributed by atoms with Gasteiger partial charge in [-0.05, 0) is 24.7 Å². The van der Waals surface area contributed by atoms with Crippen LogP contribution in [0.1, 0.15) is 32.6 Å².